The van der Waals surface area contributed by atoms with Crippen molar-refractivity contribution in [2.45, 2.75) is 51.1 Å². The molecular formula is C13H20N2S2. The molecule has 1 unspecified atom stereocenters. The Morgan fingerprint density at radius 1 is 1.53 bits per heavy atom. The van der Waals surface area contributed by atoms with Crippen molar-refractivity contribution in [1.82, 2.24) is 10.6 Å². The largest absolute Gasteiger partial charge is 0.360 e. The van der Waals surface area contributed by atoms with Gasteiger partial charge in [0, 0.05) is 10.9 Å². The molecule has 2 nitrogen and oxygen atoms in total. The minimum Gasteiger partial charge on any atom is -0.360 e. The summed E-state index contributed by atoms with van der Waals surface area (Å²) in [6.45, 7) is 2.19. The topological polar surface area (TPSA) is 24.1 Å². The average Bonchev–Trinajstić information content (AvgIpc) is 2.97. The molecule has 1 aliphatic rings. The Kier molecular flexibility index (Phi) is 4.80. The third-order valence-electron chi connectivity index (χ3n) is 3.29. The third kappa shape index (κ3) is 3.68. The molecule has 0 bridgehead atoms. The first-order valence-electron chi connectivity index (χ1n) is 6.40. The molecule has 0 aliphatic heterocycles. The molecule has 4 heteroatoms. The number of nitrogens with one attached hydrogen (secondary N) is 2. The van der Waals surface area contributed by atoms with Crippen molar-refractivity contribution in [2.75, 3.05) is 0 Å². The van der Waals surface area contributed by atoms with Gasteiger partial charge in [0.05, 0.1) is 6.04 Å². The monoisotopic (exact) mass is 268 g/mol. The van der Waals surface area contributed by atoms with Crippen molar-refractivity contribution in [3.05, 3.63) is 22.4 Å². The van der Waals surface area contributed by atoms with Crippen molar-refractivity contribution in [3.63, 3.8) is 0 Å². The summed E-state index contributed by atoms with van der Waals surface area (Å²) in [5.41, 5.74) is 0. The van der Waals surface area contributed by atoms with Crippen molar-refractivity contribution in [3.8, 4) is 0 Å². The van der Waals surface area contributed by atoms with Gasteiger partial charge in [-0.15, -0.1) is 11.3 Å². The van der Waals surface area contributed by atoms with Crippen LogP contribution >= 0.6 is 23.6 Å². The third-order valence-corrected chi connectivity index (χ3v) is 4.51. The molecule has 1 atom stereocenters. The van der Waals surface area contributed by atoms with Gasteiger partial charge in [-0.3, -0.25) is 0 Å². The summed E-state index contributed by atoms with van der Waals surface area (Å²) in [6, 6.07) is 5.22. The Labute approximate surface area is 113 Å². The van der Waals surface area contributed by atoms with Crippen molar-refractivity contribution in [2.24, 2.45) is 0 Å². The van der Waals surface area contributed by atoms with Crippen LogP contribution in [0.4, 0.5) is 0 Å². The molecule has 0 aromatic carbocycles. The highest BCUT2D eigenvalue weighted by atomic mass is 32.1. The molecule has 1 aliphatic carbocycles. The van der Waals surface area contributed by atoms with E-state index in [0.29, 0.717) is 12.1 Å². The van der Waals surface area contributed by atoms with Crippen molar-refractivity contribution < 1.29 is 0 Å². The Balaban J connectivity index is 1.83. The molecule has 2 N–H and O–H groups in total. The number of thiophene rings is 1. The summed E-state index contributed by atoms with van der Waals surface area (Å²) >= 11 is 7.18. The molecule has 1 aromatic heterocycles. The SMILES string of the molecule is CCC(NC(=S)NC1CCCC1)c1cccs1. The van der Waals surface area contributed by atoms with E-state index in [1.54, 1.807) is 11.3 Å². The lowest BCUT2D eigenvalue weighted by Crippen LogP contribution is -2.42. The zero-order chi connectivity index (χ0) is 12.1. The van der Waals surface area contributed by atoms with E-state index in [0.717, 1.165) is 11.5 Å². The minimum atomic E-state index is 0.358. The van der Waals surface area contributed by atoms with Gasteiger partial charge in [0.1, 0.15) is 0 Å². The first kappa shape index (κ1) is 12.8. The molecule has 2 rings (SSSR count). The van der Waals surface area contributed by atoms with E-state index >= 15 is 0 Å². The lowest BCUT2D eigenvalue weighted by atomic mass is 10.2. The Hall–Kier alpha value is -0.610. The number of rotatable bonds is 4. The van der Waals surface area contributed by atoms with Crippen LogP contribution in [-0.2, 0) is 0 Å². The molecule has 0 amide bonds. The van der Waals surface area contributed by atoms with Gasteiger partial charge in [-0.1, -0.05) is 25.8 Å². The standard InChI is InChI=1S/C13H20N2S2/c1-2-11(12-8-5-9-17-12)15-13(16)14-10-6-3-4-7-10/h5,8-11H,2-4,6-7H2,1H3,(H2,14,15,16). The maximum Gasteiger partial charge on any atom is 0.167 e. The van der Waals surface area contributed by atoms with Crippen LogP contribution in [0.2, 0.25) is 0 Å². The summed E-state index contributed by atoms with van der Waals surface area (Å²) in [6.07, 6.45) is 6.26. The maximum absolute atomic E-state index is 5.39. The summed E-state index contributed by atoms with van der Waals surface area (Å²) in [5.74, 6) is 0. The van der Waals surface area contributed by atoms with E-state index in [4.69, 9.17) is 12.2 Å². The van der Waals surface area contributed by atoms with Crippen LogP contribution in [0.1, 0.15) is 49.9 Å². The predicted octanol–water partition coefficient (Wildman–Crippen LogP) is 3.61. The van der Waals surface area contributed by atoms with Crippen LogP contribution in [0.15, 0.2) is 17.5 Å². The zero-order valence-electron chi connectivity index (χ0n) is 10.2. The van der Waals surface area contributed by atoms with Crippen molar-refractivity contribution in [1.29, 1.82) is 0 Å². The zero-order valence-corrected chi connectivity index (χ0v) is 11.9. The van der Waals surface area contributed by atoms with E-state index in [1.807, 2.05) is 0 Å². The van der Waals surface area contributed by atoms with Crippen LogP contribution in [0.25, 0.3) is 0 Å². The van der Waals surface area contributed by atoms with Gasteiger partial charge in [0.2, 0.25) is 0 Å². The van der Waals surface area contributed by atoms with Gasteiger partial charge < -0.3 is 10.6 Å². The molecule has 1 saturated carbocycles. The van der Waals surface area contributed by atoms with Crippen LogP contribution in [0.5, 0.6) is 0 Å². The molecular weight excluding hydrogens is 248 g/mol. The fourth-order valence-electron chi connectivity index (χ4n) is 2.32. The highest BCUT2D eigenvalue weighted by molar-refractivity contribution is 7.80. The number of hydrogen-bond acceptors (Lipinski definition) is 2. The highest BCUT2D eigenvalue weighted by Crippen LogP contribution is 2.22. The van der Waals surface area contributed by atoms with Gasteiger partial charge in [-0.25, -0.2) is 0 Å². The summed E-state index contributed by atoms with van der Waals surface area (Å²) in [7, 11) is 0. The second kappa shape index (κ2) is 6.36. The fraction of sp³-hybridized carbons (Fsp3) is 0.615. The minimum absolute atomic E-state index is 0.358. The van der Waals surface area contributed by atoms with Gasteiger partial charge in [-0.2, -0.15) is 0 Å². The van der Waals surface area contributed by atoms with Crippen LogP contribution in [-0.4, -0.2) is 11.2 Å². The van der Waals surface area contributed by atoms with E-state index in [1.165, 1.54) is 30.6 Å². The van der Waals surface area contributed by atoms with E-state index < -0.39 is 0 Å². The number of thiocarbonyl (C=S) groups is 1. The second-order valence-corrected chi connectivity index (χ2v) is 5.96. The Morgan fingerprint density at radius 3 is 2.88 bits per heavy atom. The van der Waals surface area contributed by atoms with E-state index in [9.17, 15) is 0 Å². The lowest BCUT2D eigenvalue weighted by Gasteiger charge is -2.21. The first-order valence-corrected chi connectivity index (χ1v) is 7.69. The van der Waals surface area contributed by atoms with Gasteiger partial charge in [-0.05, 0) is 42.9 Å². The first-order chi connectivity index (χ1) is 8.29. The molecule has 94 valence electrons. The quantitative estimate of drug-likeness (QED) is 0.816. The molecule has 1 fully saturated rings. The van der Waals surface area contributed by atoms with Crippen molar-refractivity contribution >= 4 is 28.7 Å². The van der Waals surface area contributed by atoms with Crippen LogP contribution in [0.3, 0.4) is 0 Å². The Bertz CT molecular complexity index is 342. The molecule has 0 radical (unpaired) electrons. The second-order valence-electron chi connectivity index (χ2n) is 4.58. The van der Waals surface area contributed by atoms with Crippen LogP contribution < -0.4 is 10.6 Å². The molecule has 1 aromatic rings. The molecule has 0 spiro atoms. The lowest BCUT2D eigenvalue weighted by molar-refractivity contribution is 0.585. The maximum atomic E-state index is 5.39. The smallest absolute Gasteiger partial charge is 0.167 e. The summed E-state index contributed by atoms with van der Waals surface area (Å²) in [5, 5.41) is 9.79. The molecule has 1 heterocycles. The van der Waals surface area contributed by atoms with E-state index in [-0.39, 0.29) is 0 Å². The highest BCUT2D eigenvalue weighted by Gasteiger charge is 2.17. The van der Waals surface area contributed by atoms with Gasteiger partial charge in [0.25, 0.3) is 0 Å². The summed E-state index contributed by atoms with van der Waals surface area (Å²) in [4.78, 5) is 1.36. The van der Waals surface area contributed by atoms with Gasteiger partial charge in [0.15, 0.2) is 5.11 Å². The van der Waals surface area contributed by atoms with Gasteiger partial charge >= 0.3 is 0 Å². The predicted molar refractivity (Wildman–Crippen MR) is 78.5 cm³/mol. The Morgan fingerprint density at radius 2 is 2.29 bits per heavy atom. The number of hydrogen-bond donors (Lipinski definition) is 2. The average molecular weight is 268 g/mol. The summed E-state index contributed by atoms with van der Waals surface area (Å²) < 4.78 is 0. The fourth-order valence-corrected chi connectivity index (χ4v) is 3.49. The molecule has 17 heavy (non-hydrogen) atoms. The van der Waals surface area contributed by atoms with Crippen LogP contribution in [0, 0.1) is 0 Å². The van der Waals surface area contributed by atoms with E-state index in [2.05, 4.69) is 35.1 Å². The molecule has 0 saturated heterocycles. The normalized spacial score (nSPS) is 17.9.